The lowest BCUT2D eigenvalue weighted by Gasteiger charge is -2.40. The molecule has 0 radical (unpaired) electrons. The number of hydrogen-bond donors (Lipinski definition) is 2. The Kier molecular flexibility index (Phi) is 4.21. The van der Waals surface area contributed by atoms with Crippen molar-refractivity contribution in [1.29, 1.82) is 5.26 Å². The Morgan fingerprint density at radius 3 is 2.17 bits per heavy atom. The topological polar surface area (TPSA) is 96.7 Å². The number of benzene rings is 1. The first-order valence-electron chi connectivity index (χ1n) is 7.80. The van der Waals surface area contributed by atoms with Crippen molar-refractivity contribution in [3.63, 3.8) is 0 Å². The van der Waals surface area contributed by atoms with E-state index in [4.69, 9.17) is 28.9 Å². The number of aromatic nitrogens is 2. The fourth-order valence-electron chi connectivity index (χ4n) is 3.07. The molecule has 0 spiro atoms. The first-order chi connectivity index (χ1) is 13.1. The molecule has 0 aliphatic heterocycles. The Bertz CT molecular complexity index is 1080. The molecular weight excluding hydrogens is 464 g/mol. The molecule has 2 aromatic rings. The zero-order chi connectivity index (χ0) is 22.1. The standard InChI is InChI=1S/C15H12Cl2F5N5OS/c1-25-14(28)15(2-3-15)11-10(6-23)26-27(13(11)24)12-8(16)4-7(5-9(12)17)29(18,19,20,21)22/h4-5H,2-3,24H2,1H3,(H,25,28). The molecule has 158 valence electrons. The van der Waals surface area contributed by atoms with Crippen molar-refractivity contribution in [3.8, 4) is 11.8 Å². The van der Waals surface area contributed by atoms with E-state index in [-0.39, 0.29) is 29.2 Å². The highest BCUT2D eigenvalue weighted by atomic mass is 35.5. The van der Waals surface area contributed by atoms with E-state index >= 15 is 0 Å². The third-order valence-electron chi connectivity index (χ3n) is 4.56. The molecule has 29 heavy (non-hydrogen) atoms. The molecule has 3 N–H and O–H groups in total. The van der Waals surface area contributed by atoms with E-state index in [0.717, 1.165) is 4.68 Å². The maximum Gasteiger partial charge on any atom is 0.310 e. The number of rotatable bonds is 4. The third kappa shape index (κ3) is 3.47. The second kappa shape index (κ2) is 5.68. The van der Waals surface area contributed by atoms with Crippen LogP contribution >= 0.6 is 33.4 Å². The molecule has 1 aliphatic carbocycles. The van der Waals surface area contributed by atoms with E-state index in [0.29, 0.717) is 12.8 Å². The second-order valence-corrected chi connectivity index (χ2v) is 9.72. The number of halogens is 7. The fourth-order valence-corrected chi connectivity index (χ4v) is 4.53. The maximum atomic E-state index is 13.1. The van der Waals surface area contributed by atoms with E-state index in [1.807, 2.05) is 0 Å². The lowest BCUT2D eigenvalue weighted by Crippen LogP contribution is -2.32. The van der Waals surface area contributed by atoms with Crippen LogP contribution in [0.15, 0.2) is 17.0 Å². The van der Waals surface area contributed by atoms with E-state index in [1.165, 1.54) is 7.05 Å². The lowest BCUT2D eigenvalue weighted by atomic mass is 9.94. The van der Waals surface area contributed by atoms with Gasteiger partial charge in [0.15, 0.2) is 5.69 Å². The molecule has 6 nitrogen and oxygen atoms in total. The lowest BCUT2D eigenvalue weighted by molar-refractivity contribution is -0.123. The molecule has 1 amide bonds. The van der Waals surface area contributed by atoms with Gasteiger partial charge >= 0.3 is 10.2 Å². The second-order valence-electron chi connectivity index (χ2n) is 6.50. The average molecular weight is 476 g/mol. The van der Waals surface area contributed by atoms with Crippen LogP contribution in [0.4, 0.5) is 25.2 Å². The summed E-state index contributed by atoms with van der Waals surface area (Å²) in [6.07, 6.45) is 0.726. The number of nitrogens with two attached hydrogens (primary N) is 1. The number of nitrogens with zero attached hydrogens (tertiary/aromatic N) is 3. The van der Waals surface area contributed by atoms with E-state index in [9.17, 15) is 29.5 Å². The Morgan fingerprint density at radius 1 is 1.28 bits per heavy atom. The molecule has 1 aliphatic rings. The van der Waals surface area contributed by atoms with Crippen LogP contribution in [0.3, 0.4) is 0 Å². The van der Waals surface area contributed by atoms with Crippen LogP contribution in [0, 0.1) is 11.3 Å². The van der Waals surface area contributed by atoms with Gasteiger partial charge in [-0.2, -0.15) is 10.4 Å². The van der Waals surface area contributed by atoms with Gasteiger partial charge in [0, 0.05) is 12.6 Å². The van der Waals surface area contributed by atoms with Gasteiger partial charge in [-0.15, -0.1) is 0 Å². The molecule has 1 aromatic carbocycles. The predicted octanol–water partition coefficient (Wildman–Crippen LogP) is 5.07. The molecular formula is C15H12Cl2F5N5OS. The summed E-state index contributed by atoms with van der Waals surface area (Å²) in [5.74, 6) is -0.680. The van der Waals surface area contributed by atoms with Crippen LogP contribution in [-0.4, -0.2) is 22.7 Å². The summed E-state index contributed by atoms with van der Waals surface area (Å²) in [6, 6.07) is 1.80. The number of amides is 1. The SMILES string of the molecule is CNC(=O)C1(c2c(C#N)nn(-c3c(Cl)cc(S(F)(F)(F)(F)F)cc3Cl)c2N)CC1. The largest absolute Gasteiger partial charge is 0.383 e. The third-order valence-corrected chi connectivity index (χ3v) is 6.27. The van der Waals surface area contributed by atoms with Crippen LogP contribution in [-0.2, 0) is 10.2 Å². The van der Waals surface area contributed by atoms with Gasteiger partial charge in [0.25, 0.3) is 0 Å². The predicted molar refractivity (Wildman–Crippen MR) is 99.1 cm³/mol. The van der Waals surface area contributed by atoms with Crippen molar-refractivity contribution < 1.29 is 24.2 Å². The summed E-state index contributed by atoms with van der Waals surface area (Å²) in [5, 5.41) is 14.1. The summed E-state index contributed by atoms with van der Waals surface area (Å²) in [4.78, 5) is 9.97. The van der Waals surface area contributed by atoms with Crippen LogP contribution in [0.1, 0.15) is 24.1 Å². The molecule has 0 saturated heterocycles. The van der Waals surface area contributed by atoms with Crippen LogP contribution in [0.2, 0.25) is 10.0 Å². The molecule has 0 unspecified atom stereocenters. The Morgan fingerprint density at radius 2 is 1.79 bits per heavy atom. The molecule has 3 rings (SSSR count). The molecule has 1 heterocycles. The summed E-state index contributed by atoms with van der Waals surface area (Å²) in [5.41, 5.74) is 4.30. The molecule has 14 heteroatoms. The number of anilines is 1. The quantitative estimate of drug-likeness (QED) is 0.603. The number of carbonyl (C=O) groups is 1. The van der Waals surface area contributed by atoms with Crippen LogP contribution in [0.5, 0.6) is 0 Å². The maximum absolute atomic E-state index is 13.1. The molecule has 1 fully saturated rings. The van der Waals surface area contributed by atoms with Crippen LogP contribution in [0.25, 0.3) is 5.69 Å². The van der Waals surface area contributed by atoms with Gasteiger partial charge in [-0.1, -0.05) is 42.6 Å². The summed E-state index contributed by atoms with van der Waals surface area (Å²) in [7, 11) is -8.65. The first-order valence-corrected chi connectivity index (χ1v) is 10.5. The van der Waals surface area contributed by atoms with Crippen molar-refractivity contribution in [3.05, 3.63) is 33.4 Å². The monoisotopic (exact) mass is 475 g/mol. The van der Waals surface area contributed by atoms with Gasteiger partial charge < -0.3 is 11.1 Å². The van der Waals surface area contributed by atoms with Crippen molar-refractivity contribution in [2.45, 2.75) is 23.2 Å². The molecule has 0 bridgehead atoms. The van der Waals surface area contributed by atoms with Gasteiger partial charge in [-0.25, -0.2) is 4.68 Å². The number of hydrogen-bond acceptors (Lipinski definition) is 4. The Balaban J connectivity index is 2.25. The number of nitrogen functional groups attached to an aromatic ring is 1. The summed E-state index contributed by atoms with van der Waals surface area (Å²) >= 11 is 11.6. The van der Waals surface area contributed by atoms with E-state index < -0.39 is 42.2 Å². The number of nitrogens with one attached hydrogen (secondary N) is 1. The Hall–Kier alpha value is -2.23. The van der Waals surface area contributed by atoms with Crippen molar-refractivity contribution in [2.24, 2.45) is 0 Å². The van der Waals surface area contributed by atoms with Crippen molar-refractivity contribution in [1.82, 2.24) is 15.1 Å². The molecule has 1 aromatic heterocycles. The summed E-state index contributed by atoms with van der Waals surface area (Å²) < 4.78 is 66.2. The molecule has 1 saturated carbocycles. The smallest absolute Gasteiger partial charge is 0.310 e. The average Bonchev–Trinajstić information content (AvgIpc) is 3.31. The summed E-state index contributed by atoms with van der Waals surface area (Å²) in [6.45, 7) is 0. The normalized spacial score (nSPS) is 17.8. The van der Waals surface area contributed by atoms with Gasteiger partial charge in [0.05, 0.1) is 15.5 Å². The van der Waals surface area contributed by atoms with Crippen LogP contribution < -0.4 is 11.1 Å². The van der Waals surface area contributed by atoms with E-state index in [1.54, 1.807) is 6.07 Å². The van der Waals surface area contributed by atoms with Gasteiger partial charge in [0.2, 0.25) is 5.91 Å². The minimum atomic E-state index is -10.0. The zero-order valence-corrected chi connectivity index (χ0v) is 16.8. The molecule has 0 atom stereocenters. The Labute approximate surface area is 171 Å². The highest BCUT2D eigenvalue weighted by Crippen LogP contribution is 3.02. The van der Waals surface area contributed by atoms with Crippen molar-refractivity contribution in [2.75, 3.05) is 12.8 Å². The fraction of sp³-hybridized carbons (Fsp3) is 0.267. The van der Waals surface area contributed by atoms with Gasteiger partial charge in [0.1, 0.15) is 22.5 Å². The minimum absolute atomic E-state index is 0.0167. The van der Waals surface area contributed by atoms with Gasteiger partial charge in [-0.3, -0.25) is 4.79 Å². The number of carbonyl (C=O) groups excluding carboxylic acids is 1. The first kappa shape index (κ1) is 21.5. The van der Waals surface area contributed by atoms with E-state index in [2.05, 4.69) is 10.4 Å². The highest BCUT2D eigenvalue weighted by molar-refractivity contribution is 8.45. The highest BCUT2D eigenvalue weighted by Gasteiger charge is 2.65. The van der Waals surface area contributed by atoms with Crippen molar-refractivity contribution >= 4 is 45.2 Å². The minimum Gasteiger partial charge on any atom is -0.383 e. The zero-order valence-electron chi connectivity index (χ0n) is 14.5. The number of nitriles is 1. The van der Waals surface area contributed by atoms with Gasteiger partial charge in [-0.05, 0) is 25.0 Å². The number of likely N-dealkylation sites (N-methyl/N-ethyl adjacent to an activating group) is 1.